The molecule has 0 heterocycles. The maximum Gasteiger partial charge on any atom is 0.273 e. The number of non-ortho nitro benzene ring substituents is 1. The topological polar surface area (TPSA) is 107 Å². The van der Waals surface area contributed by atoms with Crippen LogP contribution in [0, 0.1) is 10.1 Å². The lowest BCUT2D eigenvalue weighted by Crippen LogP contribution is -2.29. The number of methoxy groups -OCH3 is 1. The lowest BCUT2D eigenvalue weighted by Gasteiger charge is -2.10. The van der Waals surface area contributed by atoms with Crippen molar-refractivity contribution < 1.29 is 14.5 Å². The van der Waals surface area contributed by atoms with E-state index in [-0.39, 0.29) is 28.9 Å². The molecule has 0 bridgehead atoms. The molecule has 0 aromatic heterocycles. The van der Waals surface area contributed by atoms with Gasteiger partial charge < -0.3 is 15.8 Å². The molecule has 0 aliphatic carbocycles. The summed E-state index contributed by atoms with van der Waals surface area (Å²) < 4.78 is 4.99. The smallest absolute Gasteiger partial charge is 0.273 e. The standard InChI is InChI=1S/C12H17N3O4/c1-8(13)5-6-14-12(16)10-4-3-9(15(17)18)7-11(10)19-2/h3-4,7-8H,5-6,13H2,1-2H3,(H,14,16). The highest BCUT2D eigenvalue weighted by Gasteiger charge is 2.16. The van der Waals surface area contributed by atoms with Gasteiger partial charge in [0.2, 0.25) is 0 Å². The maximum absolute atomic E-state index is 11.9. The van der Waals surface area contributed by atoms with Gasteiger partial charge in [0.1, 0.15) is 5.75 Å². The number of carbonyl (C=O) groups is 1. The molecule has 1 unspecified atom stereocenters. The molecule has 3 N–H and O–H groups in total. The summed E-state index contributed by atoms with van der Waals surface area (Å²) in [6.45, 7) is 2.29. The number of nitrogens with two attached hydrogens (primary N) is 1. The number of hydrogen-bond donors (Lipinski definition) is 2. The minimum absolute atomic E-state index is 0.000874. The van der Waals surface area contributed by atoms with E-state index >= 15 is 0 Å². The quantitative estimate of drug-likeness (QED) is 0.592. The van der Waals surface area contributed by atoms with Crippen LogP contribution in [0.25, 0.3) is 0 Å². The highest BCUT2D eigenvalue weighted by Crippen LogP contribution is 2.24. The largest absolute Gasteiger partial charge is 0.496 e. The molecule has 1 atom stereocenters. The van der Waals surface area contributed by atoms with E-state index in [2.05, 4.69) is 5.32 Å². The van der Waals surface area contributed by atoms with E-state index in [9.17, 15) is 14.9 Å². The summed E-state index contributed by atoms with van der Waals surface area (Å²) in [7, 11) is 1.36. The Morgan fingerprint density at radius 3 is 2.79 bits per heavy atom. The lowest BCUT2D eigenvalue weighted by atomic mass is 10.1. The van der Waals surface area contributed by atoms with Crippen molar-refractivity contribution in [1.29, 1.82) is 0 Å². The molecular formula is C12H17N3O4. The minimum atomic E-state index is -0.541. The van der Waals surface area contributed by atoms with Crippen LogP contribution < -0.4 is 15.8 Å². The van der Waals surface area contributed by atoms with Crippen LogP contribution in [-0.2, 0) is 0 Å². The summed E-state index contributed by atoms with van der Waals surface area (Å²) in [6.07, 6.45) is 0.654. The number of nitro groups is 1. The number of nitro benzene ring substituents is 1. The highest BCUT2D eigenvalue weighted by atomic mass is 16.6. The Morgan fingerprint density at radius 2 is 2.26 bits per heavy atom. The molecule has 1 aromatic carbocycles. The zero-order valence-corrected chi connectivity index (χ0v) is 10.9. The van der Waals surface area contributed by atoms with Crippen LogP contribution in [0.4, 0.5) is 5.69 Å². The number of rotatable bonds is 6. The van der Waals surface area contributed by atoms with E-state index in [1.807, 2.05) is 6.92 Å². The molecule has 1 aromatic rings. The molecular weight excluding hydrogens is 250 g/mol. The lowest BCUT2D eigenvalue weighted by molar-refractivity contribution is -0.384. The van der Waals surface area contributed by atoms with E-state index in [0.717, 1.165) is 0 Å². The molecule has 104 valence electrons. The Balaban J connectivity index is 2.82. The third-order valence-corrected chi connectivity index (χ3v) is 2.53. The average Bonchev–Trinajstić information content (AvgIpc) is 2.37. The van der Waals surface area contributed by atoms with Crippen molar-refractivity contribution in [3.8, 4) is 5.75 Å². The van der Waals surface area contributed by atoms with Gasteiger partial charge in [-0.2, -0.15) is 0 Å². The van der Waals surface area contributed by atoms with Crippen LogP contribution in [0.2, 0.25) is 0 Å². The van der Waals surface area contributed by atoms with Crippen LogP contribution in [0.1, 0.15) is 23.7 Å². The molecule has 0 fully saturated rings. The van der Waals surface area contributed by atoms with Gasteiger partial charge in [0.25, 0.3) is 11.6 Å². The molecule has 0 aliphatic heterocycles. The van der Waals surface area contributed by atoms with Gasteiger partial charge in [-0.05, 0) is 19.4 Å². The Labute approximate surface area is 110 Å². The Morgan fingerprint density at radius 1 is 1.58 bits per heavy atom. The van der Waals surface area contributed by atoms with E-state index in [0.29, 0.717) is 13.0 Å². The first-order valence-corrected chi connectivity index (χ1v) is 5.82. The van der Waals surface area contributed by atoms with Gasteiger partial charge in [-0.15, -0.1) is 0 Å². The summed E-state index contributed by atoms with van der Waals surface area (Å²) in [5.41, 5.74) is 5.72. The zero-order valence-electron chi connectivity index (χ0n) is 10.9. The van der Waals surface area contributed by atoms with Crippen LogP contribution >= 0.6 is 0 Å². The summed E-state index contributed by atoms with van der Waals surface area (Å²) in [6, 6.07) is 3.86. The number of carbonyl (C=O) groups excluding carboxylic acids is 1. The molecule has 7 heteroatoms. The molecule has 0 saturated heterocycles. The summed E-state index contributed by atoms with van der Waals surface area (Å²) in [4.78, 5) is 22.0. The number of hydrogen-bond acceptors (Lipinski definition) is 5. The fraction of sp³-hybridized carbons (Fsp3) is 0.417. The second-order valence-electron chi connectivity index (χ2n) is 4.16. The van der Waals surface area contributed by atoms with Crippen molar-refractivity contribution in [2.45, 2.75) is 19.4 Å². The van der Waals surface area contributed by atoms with Gasteiger partial charge in [-0.25, -0.2) is 0 Å². The number of ether oxygens (including phenoxy) is 1. The average molecular weight is 267 g/mol. The molecule has 1 amide bonds. The van der Waals surface area contributed by atoms with E-state index in [1.165, 1.54) is 25.3 Å². The van der Waals surface area contributed by atoms with Crippen molar-refractivity contribution in [2.75, 3.05) is 13.7 Å². The number of amides is 1. The van der Waals surface area contributed by atoms with E-state index < -0.39 is 4.92 Å². The molecule has 0 aliphatic rings. The van der Waals surface area contributed by atoms with Crippen LogP contribution in [-0.4, -0.2) is 30.5 Å². The second-order valence-corrected chi connectivity index (χ2v) is 4.16. The van der Waals surface area contributed by atoms with E-state index in [1.54, 1.807) is 0 Å². The molecule has 19 heavy (non-hydrogen) atoms. The summed E-state index contributed by atoms with van der Waals surface area (Å²) >= 11 is 0. The van der Waals surface area contributed by atoms with Gasteiger partial charge in [0, 0.05) is 18.7 Å². The van der Waals surface area contributed by atoms with Crippen molar-refractivity contribution in [3.63, 3.8) is 0 Å². The first-order valence-electron chi connectivity index (χ1n) is 5.82. The highest BCUT2D eigenvalue weighted by molar-refractivity contribution is 5.97. The van der Waals surface area contributed by atoms with Crippen molar-refractivity contribution in [1.82, 2.24) is 5.32 Å². The third kappa shape index (κ3) is 4.22. The molecule has 0 spiro atoms. The first-order chi connectivity index (χ1) is 8.95. The van der Waals surface area contributed by atoms with Gasteiger partial charge in [0.15, 0.2) is 0 Å². The normalized spacial score (nSPS) is 11.7. The predicted molar refractivity (Wildman–Crippen MR) is 70.2 cm³/mol. The number of nitrogens with zero attached hydrogens (tertiary/aromatic N) is 1. The molecule has 0 radical (unpaired) electrons. The van der Waals surface area contributed by atoms with Crippen LogP contribution in [0.15, 0.2) is 18.2 Å². The zero-order chi connectivity index (χ0) is 14.4. The van der Waals surface area contributed by atoms with Crippen LogP contribution in [0.5, 0.6) is 5.75 Å². The van der Waals surface area contributed by atoms with Gasteiger partial charge in [0.05, 0.1) is 23.7 Å². The predicted octanol–water partition coefficient (Wildman–Crippen LogP) is 1.07. The second kappa shape index (κ2) is 6.69. The monoisotopic (exact) mass is 267 g/mol. The van der Waals surface area contributed by atoms with Crippen molar-refractivity contribution in [2.24, 2.45) is 5.73 Å². The fourth-order valence-electron chi connectivity index (χ4n) is 1.49. The minimum Gasteiger partial charge on any atom is -0.496 e. The van der Waals surface area contributed by atoms with Crippen molar-refractivity contribution >= 4 is 11.6 Å². The van der Waals surface area contributed by atoms with Gasteiger partial charge >= 0.3 is 0 Å². The van der Waals surface area contributed by atoms with Crippen LogP contribution in [0.3, 0.4) is 0 Å². The maximum atomic E-state index is 11.9. The number of benzene rings is 1. The Hall–Kier alpha value is -2.15. The molecule has 7 nitrogen and oxygen atoms in total. The first kappa shape index (κ1) is 14.9. The summed E-state index contributed by atoms with van der Waals surface area (Å²) in [5.74, 6) is -0.167. The van der Waals surface area contributed by atoms with Crippen molar-refractivity contribution in [3.05, 3.63) is 33.9 Å². The Bertz CT molecular complexity index is 474. The SMILES string of the molecule is COc1cc([N+](=O)[O-])ccc1C(=O)NCCC(C)N. The number of nitrogens with one attached hydrogen (secondary N) is 1. The fourth-order valence-corrected chi connectivity index (χ4v) is 1.49. The molecule has 1 rings (SSSR count). The Kier molecular flexibility index (Phi) is 5.25. The summed E-state index contributed by atoms with van der Waals surface area (Å²) in [5, 5.41) is 13.3. The van der Waals surface area contributed by atoms with Gasteiger partial charge in [-0.1, -0.05) is 0 Å². The molecule has 0 saturated carbocycles. The third-order valence-electron chi connectivity index (χ3n) is 2.53. The van der Waals surface area contributed by atoms with Gasteiger partial charge in [-0.3, -0.25) is 14.9 Å². The van der Waals surface area contributed by atoms with E-state index in [4.69, 9.17) is 10.5 Å².